The molecule has 0 aliphatic rings. The number of anilines is 2. The molecule has 17 heavy (non-hydrogen) atoms. The van der Waals surface area contributed by atoms with Gasteiger partial charge in [-0.05, 0) is 31.5 Å². The molecule has 0 atom stereocenters. The van der Waals surface area contributed by atoms with Crippen LogP contribution in [0.5, 0.6) is 0 Å². The molecule has 0 spiro atoms. The third-order valence-corrected chi connectivity index (χ3v) is 2.59. The van der Waals surface area contributed by atoms with Crippen molar-refractivity contribution in [2.45, 2.75) is 19.9 Å². The van der Waals surface area contributed by atoms with Crippen LogP contribution in [0, 0.1) is 0 Å². The van der Waals surface area contributed by atoms with Crippen LogP contribution in [0.2, 0.25) is 0 Å². The van der Waals surface area contributed by atoms with Crippen LogP contribution < -0.4 is 11.1 Å². The summed E-state index contributed by atoms with van der Waals surface area (Å²) in [6.07, 6.45) is 0. The first-order valence-electron chi connectivity index (χ1n) is 5.88. The summed E-state index contributed by atoms with van der Waals surface area (Å²) < 4.78 is 0. The summed E-state index contributed by atoms with van der Waals surface area (Å²) in [7, 11) is 0. The minimum absolute atomic E-state index is 0.414. The normalized spacial score (nSPS) is 10.5. The number of nitrogens with two attached hydrogens (primary N) is 1. The second-order valence-corrected chi connectivity index (χ2v) is 4.47. The van der Waals surface area contributed by atoms with E-state index < -0.39 is 0 Å². The van der Waals surface area contributed by atoms with Crippen LogP contribution in [0.15, 0.2) is 48.5 Å². The first-order valence-corrected chi connectivity index (χ1v) is 5.88. The first kappa shape index (κ1) is 11.5. The lowest BCUT2D eigenvalue weighted by Crippen LogP contribution is -2.09. The maximum atomic E-state index is 6.09. The quantitative estimate of drug-likeness (QED) is 0.782. The van der Waals surface area contributed by atoms with Crippen LogP contribution in [0.4, 0.5) is 11.4 Å². The summed E-state index contributed by atoms with van der Waals surface area (Å²) in [5.74, 6) is 0. The van der Waals surface area contributed by atoms with Gasteiger partial charge in [0.15, 0.2) is 0 Å². The zero-order valence-corrected chi connectivity index (χ0v) is 10.3. The lowest BCUT2D eigenvalue weighted by atomic mass is 10.0. The van der Waals surface area contributed by atoms with Crippen molar-refractivity contribution in [3.8, 4) is 11.1 Å². The number of benzene rings is 2. The largest absolute Gasteiger partial charge is 0.398 e. The Bertz CT molecular complexity index is 490. The van der Waals surface area contributed by atoms with Crippen LogP contribution in [-0.2, 0) is 0 Å². The average Bonchev–Trinajstić information content (AvgIpc) is 2.29. The molecule has 0 saturated heterocycles. The summed E-state index contributed by atoms with van der Waals surface area (Å²) in [5, 5.41) is 3.34. The smallest absolute Gasteiger partial charge is 0.0414 e. The molecule has 0 bridgehead atoms. The van der Waals surface area contributed by atoms with Crippen LogP contribution in [0.3, 0.4) is 0 Å². The molecule has 2 nitrogen and oxygen atoms in total. The molecule has 2 rings (SSSR count). The molecular formula is C15H18N2. The summed E-state index contributed by atoms with van der Waals surface area (Å²) in [6.45, 7) is 4.22. The van der Waals surface area contributed by atoms with Gasteiger partial charge in [-0.2, -0.15) is 0 Å². The number of nitrogens with one attached hydrogen (secondary N) is 1. The van der Waals surface area contributed by atoms with E-state index in [9.17, 15) is 0 Å². The van der Waals surface area contributed by atoms with Crippen molar-refractivity contribution in [1.29, 1.82) is 0 Å². The summed E-state index contributed by atoms with van der Waals surface area (Å²) in [4.78, 5) is 0. The highest BCUT2D eigenvalue weighted by molar-refractivity contribution is 5.79. The molecule has 0 aliphatic heterocycles. The van der Waals surface area contributed by atoms with Crippen molar-refractivity contribution in [2.24, 2.45) is 0 Å². The highest BCUT2D eigenvalue weighted by Crippen LogP contribution is 2.28. The standard InChI is InChI=1S/C15H18N2/c1-11(2)17-13-8-9-14(15(16)10-13)12-6-4-3-5-7-12/h3-11,17H,16H2,1-2H3. The Kier molecular flexibility index (Phi) is 3.33. The Balaban J connectivity index is 2.32. The van der Waals surface area contributed by atoms with Gasteiger partial charge in [0.25, 0.3) is 0 Å². The molecule has 0 aromatic heterocycles. The van der Waals surface area contributed by atoms with Crippen molar-refractivity contribution in [1.82, 2.24) is 0 Å². The number of hydrogen-bond donors (Lipinski definition) is 2. The van der Waals surface area contributed by atoms with E-state index in [-0.39, 0.29) is 0 Å². The Labute approximate surface area is 102 Å². The molecule has 3 N–H and O–H groups in total. The molecule has 0 fully saturated rings. The van der Waals surface area contributed by atoms with Gasteiger partial charge in [0.1, 0.15) is 0 Å². The Hall–Kier alpha value is -1.96. The fourth-order valence-corrected chi connectivity index (χ4v) is 1.87. The molecule has 88 valence electrons. The van der Waals surface area contributed by atoms with E-state index in [0.717, 1.165) is 22.5 Å². The van der Waals surface area contributed by atoms with E-state index in [1.54, 1.807) is 0 Å². The minimum Gasteiger partial charge on any atom is -0.398 e. The van der Waals surface area contributed by atoms with E-state index in [4.69, 9.17) is 5.73 Å². The molecule has 2 aromatic rings. The summed E-state index contributed by atoms with van der Waals surface area (Å²) in [5.41, 5.74) is 10.2. The molecule has 2 heteroatoms. The molecule has 0 saturated carbocycles. The highest BCUT2D eigenvalue weighted by Gasteiger charge is 2.03. The third kappa shape index (κ3) is 2.78. The first-order chi connectivity index (χ1) is 8.16. The van der Waals surface area contributed by atoms with E-state index in [1.807, 2.05) is 24.3 Å². The number of hydrogen-bond acceptors (Lipinski definition) is 2. The summed E-state index contributed by atoms with van der Waals surface area (Å²) >= 11 is 0. The van der Waals surface area contributed by atoms with Gasteiger partial charge in [0.05, 0.1) is 0 Å². The molecule has 0 amide bonds. The molecule has 0 radical (unpaired) electrons. The van der Waals surface area contributed by atoms with Crippen molar-refractivity contribution >= 4 is 11.4 Å². The van der Waals surface area contributed by atoms with Gasteiger partial charge in [-0.1, -0.05) is 36.4 Å². The SMILES string of the molecule is CC(C)Nc1ccc(-c2ccccc2)c(N)c1. The zero-order chi connectivity index (χ0) is 12.3. The fourth-order valence-electron chi connectivity index (χ4n) is 1.87. The fraction of sp³-hybridized carbons (Fsp3) is 0.200. The predicted octanol–water partition coefficient (Wildman–Crippen LogP) is 3.76. The van der Waals surface area contributed by atoms with Gasteiger partial charge in [-0.3, -0.25) is 0 Å². The van der Waals surface area contributed by atoms with Crippen molar-refractivity contribution < 1.29 is 0 Å². The van der Waals surface area contributed by atoms with Crippen molar-refractivity contribution in [3.63, 3.8) is 0 Å². The lowest BCUT2D eigenvalue weighted by molar-refractivity contribution is 0.900. The molecule has 0 heterocycles. The Morgan fingerprint density at radius 2 is 1.71 bits per heavy atom. The van der Waals surface area contributed by atoms with Gasteiger partial charge in [0, 0.05) is 23.0 Å². The van der Waals surface area contributed by atoms with Gasteiger partial charge in [-0.15, -0.1) is 0 Å². The van der Waals surface area contributed by atoms with Crippen molar-refractivity contribution in [2.75, 3.05) is 11.1 Å². The number of rotatable bonds is 3. The van der Waals surface area contributed by atoms with E-state index in [2.05, 4.69) is 43.4 Å². The van der Waals surface area contributed by atoms with E-state index in [0.29, 0.717) is 6.04 Å². The van der Waals surface area contributed by atoms with Crippen LogP contribution >= 0.6 is 0 Å². The van der Waals surface area contributed by atoms with E-state index in [1.165, 1.54) is 0 Å². The summed E-state index contributed by atoms with van der Waals surface area (Å²) in [6, 6.07) is 16.7. The maximum absolute atomic E-state index is 6.09. The van der Waals surface area contributed by atoms with E-state index >= 15 is 0 Å². The molecule has 0 aliphatic carbocycles. The van der Waals surface area contributed by atoms with Gasteiger partial charge >= 0.3 is 0 Å². The molecule has 0 unspecified atom stereocenters. The molecular weight excluding hydrogens is 208 g/mol. The predicted molar refractivity (Wildman–Crippen MR) is 75.0 cm³/mol. The Morgan fingerprint density at radius 1 is 1.00 bits per heavy atom. The van der Waals surface area contributed by atoms with Crippen LogP contribution in [-0.4, -0.2) is 6.04 Å². The molecule has 2 aromatic carbocycles. The van der Waals surface area contributed by atoms with Gasteiger partial charge in [-0.25, -0.2) is 0 Å². The lowest BCUT2D eigenvalue weighted by Gasteiger charge is -2.12. The second kappa shape index (κ2) is 4.91. The van der Waals surface area contributed by atoms with Gasteiger partial charge in [0.2, 0.25) is 0 Å². The second-order valence-electron chi connectivity index (χ2n) is 4.47. The Morgan fingerprint density at radius 3 is 2.29 bits per heavy atom. The number of nitrogen functional groups attached to an aromatic ring is 1. The zero-order valence-electron chi connectivity index (χ0n) is 10.3. The monoisotopic (exact) mass is 226 g/mol. The topological polar surface area (TPSA) is 38.0 Å². The third-order valence-electron chi connectivity index (χ3n) is 2.59. The van der Waals surface area contributed by atoms with Crippen LogP contribution in [0.1, 0.15) is 13.8 Å². The highest BCUT2D eigenvalue weighted by atomic mass is 14.9. The average molecular weight is 226 g/mol. The van der Waals surface area contributed by atoms with Crippen LogP contribution in [0.25, 0.3) is 11.1 Å². The maximum Gasteiger partial charge on any atom is 0.0414 e. The van der Waals surface area contributed by atoms with Crippen molar-refractivity contribution in [3.05, 3.63) is 48.5 Å². The minimum atomic E-state index is 0.414. The van der Waals surface area contributed by atoms with Gasteiger partial charge < -0.3 is 11.1 Å².